The van der Waals surface area contributed by atoms with Crippen LogP contribution in [0.3, 0.4) is 0 Å². The highest BCUT2D eigenvalue weighted by atomic mass is 19.1. The van der Waals surface area contributed by atoms with Gasteiger partial charge in [-0.15, -0.1) is 6.58 Å². The molecule has 0 saturated carbocycles. The van der Waals surface area contributed by atoms with E-state index in [1.54, 1.807) is 24.3 Å². The lowest BCUT2D eigenvalue weighted by molar-refractivity contribution is -0.124. The van der Waals surface area contributed by atoms with Crippen LogP contribution in [0, 0.1) is 12.7 Å². The summed E-state index contributed by atoms with van der Waals surface area (Å²) in [6.45, 7) is 5.61. The van der Waals surface area contributed by atoms with Crippen molar-refractivity contribution in [2.45, 2.75) is 19.4 Å². The number of hydrogen-bond acceptors (Lipinski definition) is 3. The van der Waals surface area contributed by atoms with Crippen LogP contribution in [0.2, 0.25) is 0 Å². The summed E-state index contributed by atoms with van der Waals surface area (Å²) in [7, 11) is 0. The van der Waals surface area contributed by atoms with Crippen LogP contribution in [-0.4, -0.2) is 35.3 Å². The summed E-state index contributed by atoms with van der Waals surface area (Å²) < 4.78 is 13.3. The molecule has 1 N–H and O–H groups in total. The molecule has 0 spiro atoms. The first-order valence-electron chi connectivity index (χ1n) is 8.78. The molecule has 7 heteroatoms. The number of carbonyl (C=O) groups excluding carboxylic acids is 3. The molecule has 4 amide bonds. The second kappa shape index (κ2) is 8.04. The van der Waals surface area contributed by atoms with Crippen LogP contribution in [0.15, 0.2) is 61.2 Å². The zero-order valence-electron chi connectivity index (χ0n) is 15.4. The van der Waals surface area contributed by atoms with Crippen molar-refractivity contribution in [1.82, 2.24) is 4.90 Å². The van der Waals surface area contributed by atoms with Crippen molar-refractivity contribution in [3.8, 4) is 0 Å². The number of nitrogens with one attached hydrogen (secondary N) is 1. The van der Waals surface area contributed by atoms with Crippen LogP contribution >= 0.6 is 0 Å². The minimum atomic E-state index is -0.959. The van der Waals surface area contributed by atoms with Crippen molar-refractivity contribution in [3.05, 3.63) is 72.6 Å². The molecule has 1 saturated heterocycles. The molecule has 0 unspecified atom stereocenters. The summed E-state index contributed by atoms with van der Waals surface area (Å²) in [6.07, 6.45) is 1.26. The van der Waals surface area contributed by atoms with Gasteiger partial charge < -0.3 is 10.2 Å². The third-order valence-corrected chi connectivity index (χ3v) is 4.39. The fourth-order valence-corrected chi connectivity index (χ4v) is 3.14. The lowest BCUT2D eigenvalue weighted by Gasteiger charge is -2.19. The molecule has 144 valence electrons. The molecule has 0 radical (unpaired) electrons. The zero-order valence-corrected chi connectivity index (χ0v) is 15.4. The van der Waals surface area contributed by atoms with E-state index >= 15 is 0 Å². The third kappa shape index (κ3) is 3.93. The Morgan fingerprint density at radius 1 is 1.21 bits per heavy atom. The lowest BCUT2D eigenvalue weighted by Crippen LogP contribution is -2.38. The Morgan fingerprint density at radius 3 is 2.64 bits per heavy atom. The first kappa shape index (κ1) is 19.3. The number of aryl methyl sites for hydroxylation is 1. The maximum Gasteiger partial charge on any atom is 0.332 e. The highest BCUT2D eigenvalue weighted by Gasteiger charge is 2.46. The number of halogens is 1. The van der Waals surface area contributed by atoms with E-state index in [4.69, 9.17) is 0 Å². The summed E-state index contributed by atoms with van der Waals surface area (Å²) in [5.41, 5.74) is 1.64. The van der Waals surface area contributed by atoms with Crippen molar-refractivity contribution >= 4 is 29.2 Å². The van der Waals surface area contributed by atoms with Gasteiger partial charge in [0.15, 0.2) is 0 Å². The molecule has 0 aliphatic carbocycles. The predicted octanol–water partition coefficient (Wildman–Crippen LogP) is 3.49. The van der Waals surface area contributed by atoms with E-state index in [1.165, 1.54) is 29.2 Å². The first-order valence-corrected chi connectivity index (χ1v) is 8.78. The van der Waals surface area contributed by atoms with Crippen LogP contribution in [0.25, 0.3) is 0 Å². The molecule has 6 nitrogen and oxygen atoms in total. The minimum Gasteiger partial charge on any atom is -0.326 e. The number of anilines is 2. The molecule has 28 heavy (non-hydrogen) atoms. The van der Waals surface area contributed by atoms with Gasteiger partial charge in [0.2, 0.25) is 5.91 Å². The number of amides is 4. The van der Waals surface area contributed by atoms with Crippen molar-refractivity contribution in [1.29, 1.82) is 0 Å². The van der Waals surface area contributed by atoms with E-state index in [0.717, 1.165) is 10.5 Å². The molecule has 2 aromatic carbocycles. The Bertz CT molecular complexity index is 944. The second-order valence-corrected chi connectivity index (χ2v) is 6.51. The topological polar surface area (TPSA) is 69.7 Å². The monoisotopic (exact) mass is 381 g/mol. The standard InChI is InChI=1S/C21H20FN3O3/c1-3-10-24-18(13-19(26)23-16-8-5-7-15(22)12-16)20(27)25(21(24)28)17-9-4-6-14(2)11-17/h3-9,11-12,18H,1,10,13H2,2H3,(H,23,26)/t18-/m1/s1. The first-order chi connectivity index (χ1) is 13.4. The maximum absolute atomic E-state index is 13.3. The average molecular weight is 381 g/mol. The fourth-order valence-electron chi connectivity index (χ4n) is 3.14. The van der Waals surface area contributed by atoms with Gasteiger partial charge in [-0.3, -0.25) is 9.59 Å². The van der Waals surface area contributed by atoms with Crippen molar-refractivity contribution in [3.63, 3.8) is 0 Å². The number of hydrogen-bond donors (Lipinski definition) is 1. The van der Waals surface area contributed by atoms with Gasteiger partial charge in [0, 0.05) is 12.2 Å². The van der Waals surface area contributed by atoms with E-state index in [-0.39, 0.29) is 18.7 Å². The van der Waals surface area contributed by atoms with Gasteiger partial charge in [-0.1, -0.05) is 24.3 Å². The van der Waals surface area contributed by atoms with Gasteiger partial charge in [-0.25, -0.2) is 14.1 Å². The quantitative estimate of drug-likeness (QED) is 0.615. The van der Waals surface area contributed by atoms with Crippen LogP contribution in [0.4, 0.5) is 20.6 Å². The molecule has 1 atom stereocenters. The van der Waals surface area contributed by atoms with Gasteiger partial charge in [0.1, 0.15) is 11.9 Å². The Balaban J connectivity index is 1.82. The van der Waals surface area contributed by atoms with E-state index in [0.29, 0.717) is 5.69 Å². The zero-order chi connectivity index (χ0) is 20.3. The summed E-state index contributed by atoms with van der Waals surface area (Å²) in [6, 6.07) is 11.0. The van der Waals surface area contributed by atoms with E-state index in [2.05, 4.69) is 11.9 Å². The molecule has 0 bridgehead atoms. The molecule has 1 aliphatic heterocycles. The second-order valence-electron chi connectivity index (χ2n) is 6.51. The average Bonchev–Trinajstić information content (AvgIpc) is 2.86. The molecular formula is C21H20FN3O3. The van der Waals surface area contributed by atoms with Crippen LogP contribution in [0.1, 0.15) is 12.0 Å². The number of urea groups is 1. The van der Waals surface area contributed by atoms with Crippen LogP contribution < -0.4 is 10.2 Å². The minimum absolute atomic E-state index is 0.130. The Kier molecular flexibility index (Phi) is 5.54. The number of nitrogens with zero attached hydrogens (tertiary/aromatic N) is 2. The normalized spacial score (nSPS) is 16.4. The molecule has 2 aromatic rings. The summed E-state index contributed by atoms with van der Waals surface area (Å²) in [5.74, 6) is -1.45. The number of imide groups is 1. The van der Waals surface area contributed by atoms with Gasteiger partial charge in [0.05, 0.1) is 12.1 Å². The number of carbonyl (C=O) groups is 3. The van der Waals surface area contributed by atoms with Crippen LogP contribution in [-0.2, 0) is 9.59 Å². The van der Waals surface area contributed by atoms with E-state index < -0.39 is 29.7 Å². The summed E-state index contributed by atoms with van der Waals surface area (Å²) in [5, 5.41) is 2.56. The summed E-state index contributed by atoms with van der Waals surface area (Å²) >= 11 is 0. The highest BCUT2D eigenvalue weighted by molar-refractivity contribution is 6.22. The van der Waals surface area contributed by atoms with Crippen LogP contribution in [0.5, 0.6) is 0 Å². The number of rotatable bonds is 6. The van der Waals surface area contributed by atoms with Crippen molar-refractivity contribution < 1.29 is 18.8 Å². The maximum atomic E-state index is 13.3. The molecule has 1 fully saturated rings. The Labute approximate surface area is 162 Å². The van der Waals surface area contributed by atoms with E-state index in [1.807, 2.05) is 13.0 Å². The molecule has 1 aliphatic rings. The largest absolute Gasteiger partial charge is 0.332 e. The molecule has 3 rings (SSSR count). The fraction of sp³-hybridized carbons (Fsp3) is 0.190. The lowest BCUT2D eigenvalue weighted by atomic mass is 10.1. The van der Waals surface area contributed by atoms with Gasteiger partial charge >= 0.3 is 6.03 Å². The predicted molar refractivity (Wildman–Crippen MR) is 104 cm³/mol. The summed E-state index contributed by atoms with van der Waals surface area (Å²) in [4.78, 5) is 40.6. The molecular weight excluding hydrogens is 361 g/mol. The molecule has 0 aromatic heterocycles. The van der Waals surface area contributed by atoms with Gasteiger partial charge in [-0.2, -0.15) is 0 Å². The number of benzene rings is 2. The van der Waals surface area contributed by atoms with Crippen molar-refractivity contribution in [2.24, 2.45) is 0 Å². The Morgan fingerprint density at radius 2 is 1.96 bits per heavy atom. The smallest absolute Gasteiger partial charge is 0.326 e. The highest BCUT2D eigenvalue weighted by Crippen LogP contribution is 2.27. The van der Waals surface area contributed by atoms with E-state index in [9.17, 15) is 18.8 Å². The molecule has 1 heterocycles. The third-order valence-electron chi connectivity index (χ3n) is 4.39. The van der Waals surface area contributed by atoms with Crippen molar-refractivity contribution in [2.75, 3.05) is 16.8 Å². The Hall–Kier alpha value is -3.48. The SMILES string of the molecule is C=CCN1C(=O)N(c2cccc(C)c2)C(=O)[C@H]1CC(=O)Nc1cccc(F)c1. The van der Waals surface area contributed by atoms with Gasteiger partial charge in [0.25, 0.3) is 5.91 Å². The van der Waals surface area contributed by atoms with Gasteiger partial charge in [-0.05, 0) is 42.8 Å².